The van der Waals surface area contributed by atoms with Gasteiger partial charge in [0.15, 0.2) is 0 Å². The molecule has 16 heavy (non-hydrogen) atoms. The summed E-state index contributed by atoms with van der Waals surface area (Å²) in [6.45, 7) is 3.49. The Hall–Kier alpha value is -1.06. The van der Waals surface area contributed by atoms with Crippen LogP contribution in [-0.4, -0.2) is 18.8 Å². The van der Waals surface area contributed by atoms with Gasteiger partial charge in [-0.05, 0) is 24.1 Å². The summed E-state index contributed by atoms with van der Waals surface area (Å²) in [5.74, 6) is 0.814. The third-order valence-corrected chi connectivity index (χ3v) is 2.43. The minimum absolute atomic E-state index is 0.0476. The summed E-state index contributed by atoms with van der Waals surface area (Å²) in [5, 5.41) is 9.05. The molecule has 1 aromatic carbocycles. The molecule has 0 bridgehead atoms. The van der Waals surface area contributed by atoms with Crippen molar-refractivity contribution in [2.45, 2.75) is 33.0 Å². The van der Waals surface area contributed by atoms with Crippen LogP contribution in [0.15, 0.2) is 18.2 Å². The molecule has 0 aliphatic rings. The Balaban J connectivity index is 2.60. The van der Waals surface area contributed by atoms with Crippen LogP contribution < -0.4 is 4.74 Å². The molecule has 0 radical (unpaired) electrons. The summed E-state index contributed by atoms with van der Waals surface area (Å²) in [6, 6.07) is 5.64. The van der Waals surface area contributed by atoms with Gasteiger partial charge in [0.05, 0.1) is 20.3 Å². The zero-order valence-corrected chi connectivity index (χ0v) is 10.0. The van der Waals surface area contributed by atoms with Crippen molar-refractivity contribution in [2.75, 3.05) is 13.7 Å². The molecular weight excluding hydrogens is 204 g/mol. The van der Waals surface area contributed by atoms with E-state index >= 15 is 0 Å². The normalized spacial score (nSPS) is 10.4. The molecule has 0 fully saturated rings. The second kappa shape index (κ2) is 7.25. The minimum atomic E-state index is 0.0476. The van der Waals surface area contributed by atoms with E-state index in [-0.39, 0.29) is 6.61 Å². The van der Waals surface area contributed by atoms with E-state index < -0.39 is 0 Å². The van der Waals surface area contributed by atoms with Gasteiger partial charge in [0.2, 0.25) is 0 Å². The van der Waals surface area contributed by atoms with Crippen molar-refractivity contribution in [3.8, 4) is 5.75 Å². The summed E-state index contributed by atoms with van der Waals surface area (Å²) in [7, 11) is 1.64. The molecule has 0 saturated carbocycles. The van der Waals surface area contributed by atoms with Crippen molar-refractivity contribution >= 4 is 0 Å². The standard InChI is InChI=1S/C13H20O3/c1-3-4-7-16-10-12-8-11(9-14)5-6-13(12)15-2/h5-6,8,14H,3-4,7,9-10H2,1-2H3. The van der Waals surface area contributed by atoms with E-state index in [9.17, 15) is 0 Å². The highest BCUT2D eigenvalue weighted by molar-refractivity contribution is 5.36. The van der Waals surface area contributed by atoms with Crippen LogP contribution in [0.1, 0.15) is 30.9 Å². The number of ether oxygens (including phenoxy) is 2. The van der Waals surface area contributed by atoms with Gasteiger partial charge in [-0.2, -0.15) is 0 Å². The van der Waals surface area contributed by atoms with Gasteiger partial charge >= 0.3 is 0 Å². The summed E-state index contributed by atoms with van der Waals surface area (Å²) in [6.07, 6.45) is 2.20. The Morgan fingerprint density at radius 3 is 2.75 bits per heavy atom. The number of unbranched alkanes of at least 4 members (excludes halogenated alkanes) is 1. The number of hydrogen-bond acceptors (Lipinski definition) is 3. The SMILES string of the molecule is CCCCOCc1cc(CO)ccc1OC. The number of methoxy groups -OCH3 is 1. The van der Waals surface area contributed by atoms with Crippen LogP contribution in [0.2, 0.25) is 0 Å². The largest absolute Gasteiger partial charge is 0.496 e. The van der Waals surface area contributed by atoms with Crippen molar-refractivity contribution in [3.05, 3.63) is 29.3 Å². The first kappa shape index (κ1) is 13.0. The number of benzene rings is 1. The molecular formula is C13H20O3. The van der Waals surface area contributed by atoms with Gasteiger partial charge in [-0.1, -0.05) is 19.4 Å². The fourth-order valence-electron chi connectivity index (χ4n) is 1.47. The number of hydrogen-bond donors (Lipinski definition) is 1. The quantitative estimate of drug-likeness (QED) is 0.723. The lowest BCUT2D eigenvalue weighted by atomic mass is 10.1. The smallest absolute Gasteiger partial charge is 0.124 e. The summed E-state index contributed by atoms with van der Waals surface area (Å²) in [4.78, 5) is 0. The van der Waals surface area contributed by atoms with Gasteiger partial charge in [-0.25, -0.2) is 0 Å². The van der Waals surface area contributed by atoms with Crippen molar-refractivity contribution < 1.29 is 14.6 Å². The van der Waals surface area contributed by atoms with Crippen LogP contribution in [0.5, 0.6) is 5.75 Å². The predicted octanol–water partition coefficient (Wildman–Crippen LogP) is 2.50. The Kier molecular flexibility index (Phi) is 5.90. The van der Waals surface area contributed by atoms with E-state index in [0.29, 0.717) is 6.61 Å². The van der Waals surface area contributed by atoms with Crippen LogP contribution >= 0.6 is 0 Å². The molecule has 3 heteroatoms. The van der Waals surface area contributed by atoms with E-state index in [1.807, 2.05) is 18.2 Å². The van der Waals surface area contributed by atoms with Crippen molar-refractivity contribution in [2.24, 2.45) is 0 Å². The Morgan fingerprint density at radius 1 is 1.31 bits per heavy atom. The molecule has 0 aromatic heterocycles. The zero-order chi connectivity index (χ0) is 11.8. The molecule has 90 valence electrons. The number of aliphatic hydroxyl groups excluding tert-OH is 1. The average molecular weight is 224 g/mol. The van der Waals surface area contributed by atoms with Crippen molar-refractivity contribution in [1.29, 1.82) is 0 Å². The van der Waals surface area contributed by atoms with Crippen LogP contribution in [0, 0.1) is 0 Å². The first-order valence-electron chi connectivity index (χ1n) is 5.66. The van der Waals surface area contributed by atoms with Gasteiger partial charge in [-0.3, -0.25) is 0 Å². The Labute approximate surface area is 97.0 Å². The topological polar surface area (TPSA) is 38.7 Å². The second-order valence-electron chi connectivity index (χ2n) is 3.71. The maximum Gasteiger partial charge on any atom is 0.124 e. The molecule has 0 amide bonds. The van der Waals surface area contributed by atoms with Gasteiger partial charge in [0, 0.05) is 12.2 Å². The van der Waals surface area contributed by atoms with E-state index in [0.717, 1.165) is 36.3 Å². The first-order valence-corrected chi connectivity index (χ1v) is 5.66. The Morgan fingerprint density at radius 2 is 2.12 bits per heavy atom. The summed E-state index contributed by atoms with van der Waals surface area (Å²) in [5.41, 5.74) is 1.88. The maximum atomic E-state index is 9.05. The highest BCUT2D eigenvalue weighted by Crippen LogP contribution is 2.20. The Bertz CT molecular complexity index is 310. The van der Waals surface area contributed by atoms with Gasteiger partial charge in [-0.15, -0.1) is 0 Å². The average Bonchev–Trinajstić information content (AvgIpc) is 2.34. The highest BCUT2D eigenvalue weighted by Gasteiger charge is 2.04. The number of aliphatic hydroxyl groups is 1. The predicted molar refractivity (Wildman–Crippen MR) is 63.5 cm³/mol. The molecule has 0 saturated heterocycles. The summed E-state index contributed by atoms with van der Waals surface area (Å²) < 4.78 is 10.8. The van der Waals surface area contributed by atoms with Crippen molar-refractivity contribution in [1.82, 2.24) is 0 Å². The highest BCUT2D eigenvalue weighted by atomic mass is 16.5. The van der Waals surface area contributed by atoms with E-state index in [2.05, 4.69) is 6.92 Å². The molecule has 1 N–H and O–H groups in total. The molecule has 0 aliphatic heterocycles. The van der Waals surface area contributed by atoms with Crippen LogP contribution in [0.25, 0.3) is 0 Å². The first-order chi connectivity index (χ1) is 7.81. The molecule has 0 unspecified atom stereocenters. The fourth-order valence-corrected chi connectivity index (χ4v) is 1.47. The molecule has 3 nitrogen and oxygen atoms in total. The summed E-state index contributed by atoms with van der Waals surface area (Å²) >= 11 is 0. The van der Waals surface area contributed by atoms with Crippen LogP contribution in [0.4, 0.5) is 0 Å². The third kappa shape index (κ3) is 3.83. The molecule has 0 aliphatic carbocycles. The van der Waals surface area contributed by atoms with Gasteiger partial charge in [0.25, 0.3) is 0 Å². The lowest BCUT2D eigenvalue weighted by Crippen LogP contribution is -1.99. The molecule has 1 rings (SSSR count). The maximum absolute atomic E-state index is 9.05. The van der Waals surface area contributed by atoms with Crippen LogP contribution in [0.3, 0.4) is 0 Å². The number of rotatable bonds is 7. The van der Waals surface area contributed by atoms with Crippen molar-refractivity contribution in [3.63, 3.8) is 0 Å². The van der Waals surface area contributed by atoms with E-state index in [1.165, 1.54) is 0 Å². The zero-order valence-electron chi connectivity index (χ0n) is 10.0. The fraction of sp³-hybridized carbons (Fsp3) is 0.538. The second-order valence-corrected chi connectivity index (χ2v) is 3.71. The molecule has 0 atom stereocenters. The molecule has 0 heterocycles. The van der Waals surface area contributed by atoms with E-state index in [1.54, 1.807) is 7.11 Å². The molecule has 1 aromatic rings. The monoisotopic (exact) mass is 224 g/mol. The molecule has 0 spiro atoms. The van der Waals surface area contributed by atoms with E-state index in [4.69, 9.17) is 14.6 Å². The van der Waals surface area contributed by atoms with Gasteiger partial charge < -0.3 is 14.6 Å². The third-order valence-electron chi connectivity index (χ3n) is 2.43. The van der Waals surface area contributed by atoms with Crippen LogP contribution in [-0.2, 0) is 18.0 Å². The lowest BCUT2D eigenvalue weighted by molar-refractivity contribution is 0.116. The minimum Gasteiger partial charge on any atom is -0.496 e. The van der Waals surface area contributed by atoms with Gasteiger partial charge in [0.1, 0.15) is 5.75 Å². The lowest BCUT2D eigenvalue weighted by Gasteiger charge is -2.10.